The third kappa shape index (κ3) is 1.73. The van der Waals surface area contributed by atoms with Crippen LogP contribution in [0.15, 0.2) is 11.9 Å². The van der Waals surface area contributed by atoms with Crippen molar-refractivity contribution < 1.29 is 18.6 Å². The zero-order chi connectivity index (χ0) is 8.31. The standard InChI is InChI=1S/C2F2N2O4/c3-1(4)2(5(7)8)6(9)10. The van der Waals surface area contributed by atoms with Gasteiger partial charge in [-0.2, -0.15) is 8.78 Å². The summed E-state index contributed by atoms with van der Waals surface area (Å²) >= 11 is 0. The van der Waals surface area contributed by atoms with E-state index in [2.05, 4.69) is 0 Å². The molecule has 0 amide bonds. The van der Waals surface area contributed by atoms with Gasteiger partial charge in [0.1, 0.15) is 9.85 Å². The molecule has 0 aliphatic heterocycles. The van der Waals surface area contributed by atoms with Gasteiger partial charge in [-0.1, -0.05) is 0 Å². The van der Waals surface area contributed by atoms with E-state index in [1.165, 1.54) is 0 Å². The van der Waals surface area contributed by atoms with Crippen LogP contribution in [-0.4, -0.2) is 9.85 Å². The average molecular weight is 154 g/mol. The highest BCUT2D eigenvalue weighted by molar-refractivity contribution is 4.78. The van der Waals surface area contributed by atoms with Gasteiger partial charge in [0.05, 0.1) is 0 Å². The summed E-state index contributed by atoms with van der Waals surface area (Å²) in [4.78, 5) is 15.3. The summed E-state index contributed by atoms with van der Waals surface area (Å²) in [5.41, 5.74) is 0. The number of nitrogens with zero attached hydrogens (tertiary/aromatic N) is 2. The highest BCUT2D eigenvalue weighted by Crippen LogP contribution is 2.07. The summed E-state index contributed by atoms with van der Waals surface area (Å²) < 4.78 is 22.4. The summed E-state index contributed by atoms with van der Waals surface area (Å²) in [5.74, 6) is -2.28. The fraction of sp³-hybridized carbons (Fsp3) is 0. The number of hydrogen-bond donors (Lipinski definition) is 0. The van der Waals surface area contributed by atoms with Crippen molar-refractivity contribution in [2.45, 2.75) is 0 Å². The van der Waals surface area contributed by atoms with Crippen LogP contribution in [0.5, 0.6) is 0 Å². The van der Waals surface area contributed by atoms with Gasteiger partial charge in [-0.05, 0) is 0 Å². The molecular formula is C2F2N2O4. The Morgan fingerprint density at radius 3 is 1.40 bits per heavy atom. The molecule has 8 heteroatoms. The lowest BCUT2D eigenvalue weighted by molar-refractivity contribution is -0.619. The van der Waals surface area contributed by atoms with Gasteiger partial charge in [0.25, 0.3) is 0 Å². The van der Waals surface area contributed by atoms with Crippen molar-refractivity contribution in [3.05, 3.63) is 32.1 Å². The van der Waals surface area contributed by atoms with Crippen LogP contribution in [0.25, 0.3) is 0 Å². The highest BCUT2D eigenvalue weighted by Gasteiger charge is 2.33. The number of hydrogen-bond acceptors (Lipinski definition) is 4. The van der Waals surface area contributed by atoms with Crippen LogP contribution in [0.3, 0.4) is 0 Å². The van der Waals surface area contributed by atoms with Crippen molar-refractivity contribution in [1.82, 2.24) is 0 Å². The molecule has 0 saturated heterocycles. The van der Waals surface area contributed by atoms with E-state index < -0.39 is 21.7 Å². The van der Waals surface area contributed by atoms with Gasteiger partial charge < -0.3 is 0 Å². The van der Waals surface area contributed by atoms with Crippen molar-refractivity contribution in [2.75, 3.05) is 0 Å². The first-order chi connectivity index (χ1) is 4.46. The second-order valence-electron chi connectivity index (χ2n) is 1.10. The van der Waals surface area contributed by atoms with E-state index >= 15 is 0 Å². The van der Waals surface area contributed by atoms with Crippen molar-refractivity contribution >= 4 is 0 Å². The Morgan fingerprint density at radius 2 is 1.40 bits per heavy atom. The highest BCUT2D eigenvalue weighted by atomic mass is 19.3. The second kappa shape index (κ2) is 2.80. The summed E-state index contributed by atoms with van der Waals surface area (Å²) in [6.45, 7) is 0. The molecule has 0 aromatic carbocycles. The molecule has 0 aliphatic carbocycles. The maximum Gasteiger partial charge on any atom is 0.624 e. The Morgan fingerprint density at radius 1 is 1.10 bits per heavy atom. The summed E-state index contributed by atoms with van der Waals surface area (Å²) in [6, 6.07) is 0. The van der Waals surface area contributed by atoms with Crippen LogP contribution >= 0.6 is 0 Å². The molecule has 0 N–H and O–H groups in total. The summed E-state index contributed by atoms with van der Waals surface area (Å²) in [5, 5.41) is 18.8. The number of rotatable bonds is 2. The van der Waals surface area contributed by atoms with Crippen molar-refractivity contribution in [2.24, 2.45) is 0 Å². The van der Waals surface area contributed by atoms with Gasteiger partial charge in [0.15, 0.2) is 0 Å². The monoisotopic (exact) mass is 154 g/mol. The maximum absolute atomic E-state index is 11.2. The normalized spacial score (nSPS) is 8.60. The summed E-state index contributed by atoms with van der Waals surface area (Å²) in [7, 11) is 0. The van der Waals surface area contributed by atoms with Crippen LogP contribution in [0, 0.1) is 20.2 Å². The van der Waals surface area contributed by atoms with Crippen molar-refractivity contribution in [3.63, 3.8) is 0 Å². The van der Waals surface area contributed by atoms with Crippen LogP contribution in [0.2, 0.25) is 0 Å². The first kappa shape index (κ1) is 8.40. The molecule has 0 heterocycles. The third-order valence-electron chi connectivity index (χ3n) is 0.515. The molecular weight excluding hydrogens is 154 g/mol. The van der Waals surface area contributed by atoms with Crippen molar-refractivity contribution in [3.8, 4) is 0 Å². The minimum absolute atomic E-state index is 1.75. The Balaban J connectivity index is 4.79. The van der Waals surface area contributed by atoms with E-state index in [1.807, 2.05) is 0 Å². The Kier molecular flexibility index (Phi) is 2.35. The molecule has 0 rings (SSSR count). The van der Waals surface area contributed by atoms with E-state index in [1.54, 1.807) is 0 Å². The van der Waals surface area contributed by atoms with E-state index in [9.17, 15) is 29.0 Å². The molecule has 0 aromatic heterocycles. The fourth-order valence-electron chi connectivity index (χ4n) is 0.205. The maximum atomic E-state index is 11.2. The zero-order valence-electron chi connectivity index (χ0n) is 4.28. The van der Waals surface area contributed by atoms with Gasteiger partial charge in [-0.25, -0.2) is 0 Å². The molecule has 0 atom stereocenters. The van der Waals surface area contributed by atoms with Gasteiger partial charge in [0.2, 0.25) is 0 Å². The lowest BCUT2D eigenvalue weighted by atomic mass is 10.8. The van der Waals surface area contributed by atoms with Gasteiger partial charge >= 0.3 is 11.9 Å². The topological polar surface area (TPSA) is 86.3 Å². The minimum Gasteiger partial charge on any atom is -0.253 e. The molecule has 0 unspecified atom stereocenters. The molecule has 0 saturated carbocycles. The Labute approximate surface area is 52.1 Å². The fourth-order valence-corrected chi connectivity index (χ4v) is 0.205. The molecule has 0 radical (unpaired) electrons. The Bertz CT molecular complexity index is 191. The molecule has 0 spiro atoms. The van der Waals surface area contributed by atoms with Crippen LogP contribution in [0.4, 0.5) is 8.78 Å². The predicted molar refractivity (Wildman–Crippen MR) is 23.2 cm³/mol. The zero-order valence-corrected chi connectivity index (χ0v) is 4.28. The van der Waals surface area contributed by atoms with Crippen LogP contribution in [-0.2, 0) is 0 Å². The van der Waals surface area contributed by atoms with E-state index in [4.69, 9.17) is 0 Å². The third-order valence-corrected chi connectivity index (χ3v) is 0.515. The van der Waals surface area contributed by atoms with Gasteiger partial charge in [-0.15, -0.1) is 0 Å². The first-order valence-corrected chi connectivity index (χ1v) is 1.81. The quantitative estimate of drug-likeness (QED) is 0.430. The Hall–Kier alpha value is -1.60. The number of halogens is 2. The van der Waals surface area contributed by atoms with E-state index in [0.29, 0.717) is 0 Å². The number of nitro groups is 2. The molecule has 6 nitrogen and oxygen atoms in total. The van der Waals surface area contributed by atoms with Gasteiger partial charge in [0, 0.05) is 0 Å². The first-order valence-electron chi connectivity index (χ1n) is 1.81. The SMILES string of the molecule is O=[N+]([O-])C(=C(F)F)[N+](=O)[O-]. The van der Waals surface area contributed by atoms with Crippen LogP contribution in [0.1, 0.15) is 0 Å². The average Bonchev–Trinajstić information content (AvgIpc) is 1.59. The lowest BCUT2D eigenvalue weighted by Gasteiger charge is -1.82. The predicted octanol–water partition coefficient (Wildman–Crippen LogP) is 0.605. The van der Waals surface area contributed by atoms with E-state index in [-0.39, 0.29) is 0 Å². The molecule has 0 bridgehead atoms. The lowest BCUT2D eigenvalue weighted by Crippen LogP contribution is -2.09. The molecule has 0 fully saturated rings. The second-order valence-corrected chi connectivity index (χ2v) is 1.10. The minimum atomic E-state index is -2.91. The smallest absolute Gasteiger partial charge is 0.253 e. The summed E-state index contributed by atoms with van der Waals surface area (Å²) in [6.07, 6.45) is -2.91. The van der Waals surface area contributed by atoms with Crippen molar-refractivity contribution in [1.29, 1.82) is 0 Å². The molecule has 0 aliphatic rings. The van der Waals surface area contributed by atoms with E-state index in [0.717, 1.165) is 0 Å². The van der Waals surface area contributed by atoms with Gasteiger partial charge in [-0.3, -0.25) is 20.2 Å². The molecule has 10 heavy (non-hydrogen) atoms. The molecule has 0 aromatic rings. The molecule has 56 valence electrons. The largest absolute Gasteiger partial charge is 0.624 e. The van der Waals surface area contributed by atoms with Crippen LogP contribution < -0.4 is 0 Å².